The smallest absolute Gasteiger partial charge is 0.109 e. The summed E-state index contributed by atoms with van der Waals surface area (Å²) >= 11 is 0. The van der Waals surface area contributed by atoms with Gasteiger partial charge in [-0.05, 0) is 78.8 Å². The average Bonchev–Trinajstić information content (AvgIpc) is 3.25. The van der Waals surface area contributed by atoms with Crippen LogP contribution in [0.1, 0.15) is 34.5 Å². The molecular formula is C32H22O. The lowest BCUT2D eigenvalue weighted by molar-refractivity contribution is 0.0584. The van der Waals surface area contributed by atoms with Gasteiger partial charge in [0.15, 0.2) is 0 Å². The highest BCUT2D eigenvalue weighted by molar-refractivity contribution is 5.87. The van der Waals surface area contributed by atoms with Crippen LogP contribution in [0.4, 0.5) is 0 Å². The van der Waals surface area contributed by atoms with Crippen LogP contribution in [0.25, 0.3) is 32.3 Å². The summed E-state index contributed by atoms with van der Waals surface area (Å²) in [5.41, 5.74) is 4.94. The monoisotopic (exact) mass is 422 g/mol. The lowest BCUT2D eigenvalue weighted by Gasteiger charge is -2.16. The summed E-state index contributed by atoms with van der Waals surface area (Å²) in [5.74, 6) is 0. The Hall–Kier alpha value is -3.94. The molecule has 2 atom stereocenters. The molecule has 7 rings (SSSR count). The van der Waals surface area contributed by atoms with E-state index in [-0.39, 0.29) is 12.2 Å². The van der Waals surface area contributed by atoms with Crippen LogP contribution in [-0.2, 0) is 4.74 Å². The summed E-state index contributed by atoms with van der Waals surface area (Å²) in [6.45, 7) is 0. The van der Waals surface area contributed by atoms with Crippen LogP contribution < -0.4 is 0 Å². The average molecular weight is 423 g/mol. The molecule has 6 aromatic rings. The molecule has 2 unspecified atom stereocenters. The number of hydrogen-bond acceptors (Lipinski definition) is 1. The molecule has 1 nitrogen and oxygen atoms in total. The molecule has 0 spiro atoms. The van der Waals surface area contributed by atoms with E-state index < -0.39 is 0 Å². The minimum absolute atomic E-state index is 0.0920. The number of ether oxygens (including phenoxy) is 1. The predicted octanol–water partition coefficient (Wildman–Crippen LogP) is 8.36. The van der Waals surface area contributed by atoms with Crippen LogP contribution in [0, 0.1) is 0 Å². The Labute approximate surface area is 192 Å². The van der Waals surface area contributed by atoms with Crippen LogP contribution in [0.15, 0.2) is 121 Å². The van der Waals surface area contributed by atoms with Crippen LogP contribution >= 0.6 is 0 Å². The topological polar surface area (TPSA) is 9.23 Å². The van der Waals surface area contributed by atoms with Crippen molar-refractivity contribution in [1.82, 2.24) is 0 Å². The maximum atomic E-state index is 6.87. The molecule has 0 bridgehead atoms. The van der Waals surface area contributed by atoms with E-state index in [1.807, 2.05) is 0 Å². The van der Waals surface area contributed by atoms with E-state index in [1.165, 1.54) is 54.6 Å². The SMILES string of the molecule is c1ccc2cc(C3OC(c4ccc5ccccc5c4)c4cc5ccccc5cc43)ccc2c1. The Balaban J connectivity index is 1.42. The van der Waals surface area contributed by atoms with Crippen molar-refractivity contribution in [2.75, 3.05) is 0 Å². The minimum atomic E-state index is -0.0920. The first-order chi connectivity index (χ1) is 16.3. The normalized spacial score (nSPS) is 17.6. The summed E-state index contributed by atoms with van der Waals surface area (Å²) < 4.78 is 6.87. The van der Waals surface area contributed by atoms with E-state index in [0.29, 0.717) is 0 Å². The van der Waals surface area contributed by atoms with Crippen molar-refractivity contribution >= 4 is 32.3 Å². The molecule has 0 amide bonds. The number of rotatable bonds is 2. The van der Waals surface area contributed by atoms with Gasteiger partial charge in [0.05, 0.1) is 0 Å². The second-order valence-electron chi connectivity index (χ2n) is 8.94. The van der Waals surface area contributed by atoms with Crippen LogP contribution in [0.2, 0.25) is 0 Å². The maximum absolute atomic E-state index is 6.87. The predicted molar refractivity (Wildman–Crippen MR) is 137 cm³/mol. The Morgan fingerprint density at radius 3 is 1.15 bits per heavy atom. The maximum Gasteiger partial charge on any atom is 0.109 e. The highest BCUT2D eigenvalue weighted by atomic mass is 16.5. The van der Waals surface area contributed by atoms with E-state index in [4.69, 9.17) is 4.74 Å². The molecule has 0 aliphatic carbocycles. The first-order valence-electron chi connectivity index (χ1n) is 11.5. The largest absolute Gasteiger partial charge is 0.356 e. The summed E-state index contributed by atoms with van der Waals surface area (Å²) in [7, 11) is 0. The molecule has 1 aliphatic heterocycles. The van der Waals surface area contributed by atoms with Gasteiger partial charge in [0.1, 0.15) is 12.2 Å². The van der Waals surface area contributed by atoms with Crippen molar-refractivity contribution < 1.29 is 4.74 Å². The molecular weight excluding hydrogens is 400 g/mol. The highest BCUT2D eigenvalue weighted by Gasteiger charge is 2.34. The Morgan fingerprint density at radius 2 is 0.727 bits per heavy atom. The van der Waals surface area contributed by atoms with Crippen molar-refractivity contribution in [3.8, 4) is 0 Å². The number of fused-ring (bicyclic) bond motifs is 4. The summed E-state index contributed by atoms with van der Waals surface area (Å²) in [4.78, 5) is 0. The van der Waals surface area contributed by atoms with Gasteiger partial charge in [0.25, 0.3) is 0 Å². The van der Waals surface area contributed by atoms with E-state index in [0.717, 1.165) is 0 Å². The van der Waals surface area contributed by atoms with Crippen molar-refractivity contribution in [3.63, 3.8) is 0 Å². The third-order valence-electron chi connectivity index (χ3n) is 6.94. The second-order valence-corrected chi connectivity index (χ2v) is 8.94. The molecule has 0 radical (unpaired) electrons. The molecule has 156 valence electrons. The fourth-order valence-electron chi connectivity index (χ4n) is 5.27. The number of benzene rings is 6. The zero-order chi connectivity index (χ0) is 21.8. The standard InChI is InChI=1S/C32H22O/c1-3-9-23-17-27(15-13-21(23)7-1)31-29-19-25-11-5-6-12-26(25)20-30(29)32(33-31)28-16-14-22-8-2-4-10-24(22)18-28/h1-20,31-32H. The fraction of sp³-hybridized carbons (Fsp3) is 0.0625. The Bertz CT molecular complexity index is 1540. The third kappa shape index (κ3) is 3.05. The number of hydrogen-bond donors (Lipinski definition) is 0. The summed E-state index contributed by atoms with van der Waals surface area (Å²) in [5, 5.41) is 7.51. The van der Waals surface area contributed by atoms with Gasteiger partial charge >= 0.3 is 0 Å². The molecule has 0 saturated carbocycles. The van der Waals surface area contributed by atoms with Crippen LogP contribution in [0.3, 0.4) is 0 Å². The first-order valence-corrected chi connectivity index (χ1v) is 11.5. The minimum Gasteiger partial charge on any atom is -0.356 e. The Kier molecular flexibility index (Phi) is 4.12. The third-order valence-corrected chi connectivity index (χ3v) is 6.94. The van der Waals surface area contributed by atoms with Gasteiger partial charge in [0.2, 0.25) is 0 Å². The fourth-order valence-corrected chi connectivity index (χ4v) is 5.27. The van der Waals surface area contributed by atoms with E-state index in [2.05, 4.69) is 121 Å². The van der Waals surface area contributed by atoms with Crippen molar-refractivity contribution in [2.45, 2.75) is 12.2 Å². The van der Waals surface area contributed by atoms with E-state index >= 15 is 0 Å². The molecule has 0 saturated heterocycles. The molecule has 0 aromatic heterocycles. The molecule has 1 heterocycles. The van der Waals surface area contributed by atoms with Gasteiger partial charge in [-0.2, -0.15) is 0 Å². The zero-order valence-electron chi connectivity index (χ0n) is 18.1. The highest BCUT2D eigenvalue weighted by Crippen LogP contribution is 2.47. The lowest BCUT2D eigenvalue weighted by Crippen LogP contribution is -2.02. The zero-order valence-corrected chi connectivity index (χ0v) is 18.1. The van der Waals surface area contributed by atoms with Crippen molar-refractivity contribution in [1.29, 1.82) is 0 Å². The van der Waals surface area contributed by atoms with Crippen LogP contribution in [-0.4, -0.2) is 0 Å². The van der Waals surface area contributed by atoms with Gasteiger partial charge in [-0.15, -0.1) is 0 Å². The van der Waals surface area contributed by atoms with E-state index in [9.17, 15) is 0 Å². The Morgan fingerprint density at radius 1 is 0.364 bits per heavy atom. The molecule has 0 fully saturated rings. The summed E-state index contributed by atoms with van der Waals surface area (Å²) in [6, 6.07) is 43.7. The van der Waals surface area contributed by atoms with Crippen molar-refractivity contribution in [2.24, 2.45) is 0 Å². The summed E-state index contributed by atoms with van der Waals surface area (Å²) in [6.07, 6.45) is -0.184. The quantitative estimate of drug-likeness (QED) is 0.272. The van der Waals surface area contributed by atoms with E-state index in [1.54, 1.807) is 0 Å². The molecule has 6 aromatic carbocycles. The van der Waals surface area contributed by atoms with Gasteiger partial charge in [0, 0.05) is 0 Å². The van der Waals surface area contributed by atoms with Gasteiger partial charge in [-0.3, -0.25) is 0 Å². The first kappa shape index (κ1) is 18.6. The van der Waals surface area contributed by atoms with Crippen molar-refractivity contribution in [3.05, 3.63) is 144 Å². The second kappa shape index (κ2) is 7.30. The molecule has 1 heteroatoms. The molecule has 1 aliphatic rings. The lowest BCUT2D eigenvalue weighted by atomic mass is 9.91. The van der Waals surface area contributed by atoms with Gasteiger partial charge < -0.3 is 4.74 Å². The molecule has 33 heavy (non-hydrogen) atoms. The van der Waals surface area contributed by atoms with Gasteiger partial charge in [-0.1, -0.05) is 97.1 Å². The molecule has 0 N–H and O–H groups in total. The van der Waals surface area contributed by atoms with Gasteiger partial charge in [-0.25, -0.2) is 0 Å². The van der Waals surface area contributed by atoms with Crippen LogP contribution in [0.5, 0.6) is 0 Å².